The number of hydrogen-bond acceptors (Lipinski definition) is 5. The van der Waals surface area contributed by atoms with Gasteiger partial charge in [-0.25, -0.2) is 0 Å². The third-order valence-corrected chi connectivity index (χ3v) is 3.13. The first kappa shape index (κ1) is 13.8. The van der Waals surface area contributed by atoms with Crippen molar-refractivity contribution in [2.75, 3.05) is 31.2 Å². The van der Waals surface area contributed by atoms with Crippen molar-refractivity contribution in [2.45, 2.75) is 19.5 Å². The summed E-state index contributed by atoms with van der Waals surface area (Å²) in [4.78, 5) is 18.3. The zero-order chi connectivity index (χ0) is 13.7. The molecular weight excluding hydrogens is 244 g/mol. The van der Waals surface area contributed by atoms with Crippen molar-refractivity contribution in [3.05, 3.63) is 24.0 Å². The molecule has 6 nitrogen and oxygen atoms in total. The monoisotopic (exact) mass is 264 g/mol. The minimum atomic E-state index is -0.292. The lowest BCUT2D eigenvalue weighted by atomic mass is 10.2. The number of amides is 1. The van der Waals surface area contributed by atoms with E-state index in [1.54, 1.807) is 6.20 Å². The van der Waals surface area contributed by atoms with Gasteiger partial charge in [-0.1, -0.05) is 0 Å². The van der Waals surface area contributed by atoms with Crippen molar-refractivity contribution in [3.8, 4) is 0 Å². The van der Waals surface area contributed by atoms with E-state index in [2.05, 4.69) is 10.3 Å². The smallest absolute Gasteiger partial charge is 0.245 e. The molecule has 1 fully saturated rings. The predicted molar refractivity (Wildman–Crippen MR) is 72.8 cm³/mol. The number of carbonyl (C=O) groups is 1. The second kappa shape index (κ2) is 6.49. The number of nitrogens with zero attached hydrogens (tertiary/aromatic N) is 2. The number of ether oxygens (including phenoxy) is 1. The number of aromatic nitrogens is 1. The van der Waals surface area contributed by atoms with Crippen LogP contribution in [0.15, 0.2) is 18.3 Å². The molecule has 1 saturated heterocycles. The molecule has 0 radical (unpaired) electrons. The quantitative estimate of drug-likeness (QED) is 0.792. The highest BCUT2D eigenvalue weighted by Crippen LogP contribution is 2.19. The van der Waals surface area contributed by atoms with Crippen LogP contribution in [0.4, 0.5) is 5.69 Å². The van der Waals surface area contributed by atoms with E-state index in [0.29, 0.717) is 32.8 Å². The van der Waals surface area contributed by atoms with E-state index in [4.69, 9.17) is 10.5 Å². The van der Waals surface area contributed by atoms with Crippen molar-refractivity contribution in [3.63, 3.8) is 0 Å². The molecule has 1 unspecified atom stereocenters. The molecule has 0 aliphatic carbocycles. The minimum Gasteiger partial charge on any atom is -0.377 e. The summed E-state index contributed by atoms with van der Waals surface area (Å²) in [5.74, 6) is -0.00917. The molecular formula is C13H20N4O2. The molecule has 0 bridgehead atoms. The van der Waals surface area contributed by atoms with Crippen LogP contribution in [0.1, 0.15) is 12.6 Å². The van der Waals surface area contributed by atoms with Gasteiger partial charge in [-0.2, -0.15) is 0 Å². The molecule has 2 heterocycles. The summed E-state index contributed by atoms with van der Waals surface area (Å²) < 4.78 is 5.40. The molecule has 1 amide bonds. The van der Waals surface area contributed by atoms with Gasteiger partial charge in [0.05, 0.1) is 30.8 Å². The molecule has 1 atom stereocenters. The number of nitrogens with two attached hydrogens (primary N) is 1. The molecule has 0 aromatic carbocycles. The van der Waals surface area contributed by atoms with E-state index in [1.807, 2.05) is 24.0 Å². The van der Waals surface area contributed by atoms with Crippen LogP contribution in [0.25, 0.3) is 0 Å². The van der Waals surface area contributed by atoms with Gasteiger partial charge in [-0.05, 0) is 19.1 Å². The van der Waals surface area contributed by atoms with Crippen LogP contribution >= 0.6 is 0 Å². The van der Waals surface area contributed by atoms with E-state index in [9.17, 15) is 4.79 Å². The van der Waals surface area contributed by atoms with Crippen LogP contribution in [0.5, 0.6) is 0 Å². The number of nitrogens with one attached hydrogen (secondary N) is 1. The summed E-state index contributed by atoms with van der Waals surface area (Å²) >= 11 is 0. The summed E-state index contributed by atoms with van der Waals surface area (Å²) in [7, 11) is 0. The molecule has 1 aliphatic rings. The number of carbonyl (C=O) groups excluding carboxylic acids is 1. The van der Waals surface area contributed by atoms with E-state index >= 15 is 0 Å². The largest absolute Gasteiger partial charge is 0.377 e. The van der Waals surface area contributed by atoms with Crippen LogP contribution in [0, 0.1) is 0 Å². The van der Waals surface area contributed by atoms with Gasteiger partial charge in [0.25, 0.3) is 0 Å². The minimum absolute atomic E-state index is 0.00917. The molecule has 2 rings (SSSR count). The Labute approximate surface area is 112 Å². The molecule has 6 heteroatoms. The zero-order valence-corrected chi connectivity index (χ0v) is 11.1. The normalized spacial score (nSPS) is 19.3. The van der Waals surface area contributed by atoms with Crippen molar-refractivity contribution in [1.29, 1.82) is 0 Å². The van der Waals surface area contributed by atoms with Gasteiger partial charge >= 0.3 is 0 Å². The highest BCUT2D eigenvalue weighted by molar-refractivity contribution is 5.85. The number of hydrogen-bond donors (Lipinski definition) is 2. The maximum absolute atomic E-state index is 12.0. The Bertz CT molecular complexity index is 421. The molecule has 0 spiro atoms. The van der Waals surface area contributed by atoms with Gasteiger partial charge in [0.1, 0.15) is 6.04 Å². The second-order valence-electron chi connectivity index (χ2n) is 4.39. The van der Waals surface area contributed by atoms with Crippen molar-refractivity contribution in [1.82, 2.24) is 10.3 Å². The first-order valence-corrected chi connectivity index (χ1v) is 6.53. The van der Waals surface area contributed by atoms with E-state index in [0.717, 1.165) is 11.4 Å². The van der Waals surface area contributed by atoms with E-state index < -0.39 is 0 Å². The number of anilines is 1. The summed E-state index contributed by atoms with van der Waals surface area (Å²) in [6, 6.07) is 3.55. The Morgan fingerprint density at radius 1 is 1.63 bits per heavy atom. The number of pyridine rings is 1. The zero-order valence-electron chi connectivity index (χ0n) is 11.1. The van der Waals surface area contributed by atoms with Crippen LogP contribution in [-0.4, -0.2) is 43.2 Å². The van der Waals surface area contributed by atoms with Crippen LogP contribution in [0.3, 0.4) is 0 Å². The topological polar surface area (TPSA) is 80.5 Å². The van der Waals surface area contributed by atoms with Gasteiger partial charge in [0, 0.05) is 19.6 Å². The number of likely N-dealkylation sites (N-methyl/N-ethyl adjacent to an activating group) is 1. The lowest BCUT2D eigenvalue weighted by molar-refractivity contribution is -0.124. The fourth-order valence-electron chi connectivity index (χ4n) is 2.13. The fraction of sp³-hybridized carbons (Fsp3) is 0.538. The molecule has 1 aliphatic heterocycles. The SMILES string of the molecule is CCNC(=O)C1COCCN1c1ccc(CN)nc1. The summed E-state index contributed by atoms with van der Waals surface area (Å²) in [6.45, 7) is 4.66. The molecule has 0 saturated carbocycles. The first-order valence-electron chi connectivity index (χ1n) is 6.53. The Morgan fingerprint density at radius 3 is 3.11 bits per heavy atom. The van der Waals surface area contributed by atoms with E-state index in [-0.39, 0.29) is 11.9 Å². The van der Waals surface area contributed by atoms with Gasteiger partial charge < -0.3 is 20.7 Å². The first-order chi connectivity index (χ1) is 9.26. The van der Waals surface area contributed by atoms with Crippen molar-refractivity contribution < 1.29 is 9.53 Å². The van der Waals surface area contributed by atoms with Crippen LogP contribution < -0.4 is 16.0 Å². The highest BCUT2D eigenvalue weighted by atomic mass is 16.5. The standard InChI is InChI=1S/C13H20N4O2/c1-2-15-13(18)12-9-19-6-5-17(12)11-4-3-10(7-14)16-8-11/h3-4,8,12H,2,5-7,9,14H2,1H3,(H,15,18). The maximum atomic E-state index is 12.0. The molecule has 1 aromatic heterocycles. The maximum Gasteiger partial charge on any atom is 0.245 e. The number of morpholine rings is 1. The third-order valence-electron chi connectivity index (χ3n) is 3.13. The van der Waals surface area contributed by atoms with Crippen molar-refractivity contribution in [2.24, 2.45) is 5.73 Å². The molecule has 1 aromatic rings. The van der Waals surface area contributed by atoms with Gasteiger partial charge in [-0.3, -0.25) is 9.78 Å². The highest BCUT2D eigenvalue weighted by Gasteiger charge is 2.29. The van der Waals surface area contributed by atoms with Gasteiger partial charge in [0.2, 0.25) is 5.91 Å². The summed E-state index contributed by atoms with van der Waals surface area (Å²) in [5.41, 5.74) is 7.30. The molecule has 19 heavy (non-hydrogen) atoms. The third kappa shape index (κ3) is 3.21. The Morgan fingerprint density at radius 2 is 2.47 bits per heavy atom. The number of rotatable bonds is 4. The fourth-order valence-corrected chi connectivity index (χ4v) is 2.13. The van der Waals surface area contributed by atoms with Gasteiger partial charge in [-0.15, -0.1) is 0 Å². The summed E-state index contributed by atoms with van der Waals surface area (Å²) in [5, 5.41) is 2.84. The Balaban J connectivity index is 2.15. The van der Waals surface area contributed by atoms with Gasteiger partial charge in [0.15, 0.2) is 0 Å². The van der Waals surface area contributed by atoms with Crippen LogP contribution in [-0.2, 0) is 16.1 Å². The molecule has 3 N–H and O–H groups in total. The predicted octanol–water partition coefficient (Wildman–Crippen LogP) is -0.118. The average Bonchev–Trinajstić information content (AvgIpc) is 2.47. The Hall–Kier alpha value is -1.66. The lowest BCUT2D eigenvalue weighted by Crippen LogP contribution is -2.54. The van der Waals surface area contributed by atoms with E-state index in [1.165, 1.54) is 0 Å². The van der Waals surface area contributed by atoms with Crippen LogP contribution in [0.2, 0.25) is 0 Å². The second-order valence-corrected chi connectivity index (χ2v) is 4.39. The average molecular weight is 264 g/mol. The lowest BCUT2D eigenvalue weighted by Gasteiger charge is -2.36. The Kier molecular flexibility index (Phi) is 4.70. The van der Waals surface area contributed by atoms with Crippen molar-refractivity contribution >= 4 is 11.6 Å². The summed E-state index contributed by atoms with van der Waals surface area (Å²) in [6.07, 6.45) is 1.76. The molecule has 104 valence electrons.